The van der Waals surface area contributed by atoms with Crippen LogP contribution in [0.2, 0.25) is 0 Å². The Morgan fingerprint density at radius 3 is 1.46 bits per heavy atom. The molecule has 0 saturated heterocycles. The Hall–Kier alpha value is -3.09. The number of carbonyl (C=O) groups is 2. The van der Waals surface area contributed by atoms with Gasteiger partial charge >= 0.3 is 5.97 Å². The summed E-state index contributed by atoms with van der Waals surface area (Å²) in [6.45, 7) is 2.60. The van der Waals surface area contributed by atoms with Crippen LogP contribution in [0.3, 0.4) is 0 Å². The molecule has 2 unspecified atom stereocenters. The Balaban J connectivity index is 0.000000261. The third-order valence-electron chi connectivity index (χ3n) is 6.88. The van der Waals surface area contributed by atoms with Crippen molar-refractivity contribution in [3.8, 4) is 0 Å². The highest BCUT2D eigenvalue weighted by Crippen LogP contribution is 2.34. The van der Waals surface area contributed by atoms with Gasteiger partial charge < -0.3 is 14.2 Å². The van der Waals surface area contributed by atoms with Crippen molar-refractivity contribution in [3.63, 3.8) is 0 Å². The number of halogens is 7. The molecule has 0 saturated carbocycles. The SMILES string of the molecule is CCOC(=O)CCC(OCc1ccccc1)c1cc(F)c(F)cc1Br.O=C(Cl)CCC(OCc1ccccc1)c1cc(F)c(F)cc1Br. The molecule has 0 aliphatic heterocycles. The molecule has 0 aliphatic carbocycles. The van der Waals surface area contributed by atoms with E-state index in [2.05, 4.69) is 31.9 Å². The summed E-state index contributed by atoms with van der Waals surface area (Å²) in [6.07, 6.45) is -0.379. The van der Waals surface area contributed by atoms with Gasteiger partial charge in [-0.15, -0.1) is 0 Å². The first-order chi connectivity index (χ1) is 23.0. The fourth-order valence-corrected chi connectivity index (χ4v) is 5.75. The van der Waals surface area contributed by atoms with E-state index < -0.39 is 40.7 Å². The van der Waals surface area contributed by atoms with Crippen LogP contribution in [0.15, 0.2) is 93.9 Å². The van der Waals surface area contributed by atoms with E-state index in [9.17, 15) is 27.2 Å². The fraction of sp³-hybridized carbons (Fsp3) is 0.278. The summed E-state index contributed by atoms with van der Waals surface area (Å²) in [4.78, 5) is 22.7. The molecule has 12 heteroatoms. The predicted octanol–water partition coefficient (Wildman–Crippen LogP) is 10.9. The number of rotatable bonds is 15. The minimum Gasteiger partial charge on any atom is -0.466 e. The molecular weight excluding hydrogens is 784 g/mol. The molecule has 5 nitrogen and oxygen atoms in total. The van der Waals surface area contributed by atoms with Gasteiger partial charge in [0.25, 0.3) is 0 Å². The topological polar surface area (TPSA) is 61.8 Å². The zero-order valence-electron chi connectivity index (χ0n) is 25.9. The highest BCUT2D eigenvalue weighted by atomic mass is 79.9. The molecule has 0 aromatic heterocycles. The van der Waals surface area contributed by atoms with Crippen molar-refractivity contribution >= 4 is 54.7 Å². The molecule has 2 atom stereocenters. The fourth-order valence-electron chi connectivity index (χ4n) is 4.50. The summed E-state index contributed by atoms with van der Waals surface area (Å²) in [5.41, 5.74) is 2.78. The van der Waals surface area contributed by atoms with Gasteiger partial charge in [-0.05, 0) is 77.9 Å². The number of esters is 1. The van der Waals surface area contributed by atoms with Gasteiger partial charge in [0, 0.05) is 21.8 Å². The Kier molecular flexibility index (Phi) is 16.7. The molecule has 4 rings (SSSR count). The third kappa shape index (κ3) is 13.1. The van der Waals surface area contributed by atoms with Gasteiger partial charge in [0.15, 0.2) is 23.3 Å². The summed E-state index contributed by atoms with van der Waals surface area (Å²) >= 11 is 11.8. The second kappa shape index (κ2) is 20.4. The number of hydrogen-bond donors (Lipinski definition) is 0. The molecule has 0 spiro atoms. The van der Waals surface area contributed by atoms with Crippen molar-refractivity contribution in [3.05, 3.63) is 139 Å². The summed E-state index contributed by atoms with van der Waals surface area (Å²) in [5, 5.41) is -0.503. The lowest BCUT2D eigenvalue weighted by atomic mass is 10.0. The van der Waals surface area contributed by atoms with Crippen LogP contribution in [-0.2, 0) is 37.0 Å². The van der Waals surface area contributed by atoms with Crippen molar-refractivity contribution < 1.29 is 41.4 Å². The van der Waals surface area contributed by atoms with E-state index in [-0.39, 0.29) is 31.8 Å². The van der Waals surface area contributed by atoms with Crippen LogP contribution in [0.1, 0.15) is 67.1 Å². The first kappa shape index (κ1) is 39.3. The first-order valence-electron chi connectivity index (χ1n) is 14.9. The van der Waals surface area contributed by atoms with E-state index in [0.717, 1.165) is 35.4 Å². The molecule has 48 heavy (non-hydrogen) atoms. The van der Waals surface area contributed by atoms with Crippen LogP contribution in [0, 0.1) is 23.3 Å². The van der Waals surface area contributed by atoms with E-state index in [1.165, 1.54) is 0 Å². The van der Waals surface area contributed by atoms with Gasteiger partial charge in [0.05, 0.1) is 32.0 Å². The average molecular weight is 817 g/mol. The molecule has 0 amide bonds. The summed E-state index contributed by atoms with van der Waals surface area (Å²) in [5.74, 6) is -4.16. The Morgan fingerprint density at radius 1 is 0.667 bits per heavy atom. The normalized spacial score (nSPS) is 12.1. The second-order valence-corrected chi connectivity index (χ2v) is 12.5. The Bertz CT molecular complexity index is 1630. The molecule has 4 aromatic carbocycles. The quantitative estimate of drug-likeness (QED) is 0.0518. The third-order valence-corrected chi connectivity index (χ3v) is 8.44. The predicted molar refractivity (Wildman–Crippen MR) is 182 cm³/mol. The number of ether oxygens (including phenoxy) is 3. The second-order valence-electron chi connectivity index (χ2n) is 10.4. The van der Waals surface area contributed by atoms with Crippen LogP contribution >= 0.6 is 43.5 Å². The minimum absolute atomic E-state index is 0.0758. The van der Waals surface area contributed by atoms with Crippen molar-refractivity contribution in [1.82, 2.24) is 0 Å². The van der Waals surface area contributed by atoms with Gasteiger partial charge in [-0.3, -0.25) is 9.59 Å². The molecule has 4 aromatic rings. The van der Waals surface area contributed by atoms with E-state index >= 15 is 0 Å². The molecular formula is C36H33Br2ClF4O5. The largest absolute Gasteiger partial charge is 0.466 e. The molecule has 0 bridgehead atoms. The summed E-state index contributed by atoms with van der Waals surface area (Å²) in [6, 6.07) is 23.2. The molecule has 0 heterocycles. The van der Waals surface area contributed by atoms with E-state index in [0.29, 0.717) is 39.7 Å². The van der Waals surface area contributed by atoms with E-state index in [4.69, 9.17) is 25.8 Å². The van der Waals surface area contributed by atoms with E-state index in [1.807, 2.05) is 60.7 Å². The highest BCUT2D eigenvalue weighted by Gasteiger charge is 2.21. The van der Waals surface area contributed by atoms with Gasteiger partial charge in [0.1, 0.15) is 0 Å². The lowest BCUT2D eigenvalue weighted by Crippen LogP contribution is -2.11. The molecule has 256 valence electrons. The zero-order valence-corrected chi connectivity index (χ0v) is 29.8. The Labute approximate surface area is 298 Å². The lowest BCUT2D eigenvalue weighted by Gasteiger charge is -2.20. The van der Waals surface area contributed by atoms with Crippen molar-refractivity contribution in [1.29, 1.82) is 0 Å². The number of carbonyl (C=O) groups excluding carboxylic acids is 2. The lowest BCUT2D eigenvalue weighted by molar-refractivity contribution is -0.144. The van der Waals surface area contributed by atoms with E-state index in [1.54, 1.807) is 6.92 Å². The minimum atomic E-state index is -0.964. The summed E-state index contributed by atoms with van der Waals surface area (Å²) in [7, 11) is 0. The monoisotopic (exact) mass is 814 g/mol. The van der Waals surface area contributed by atoms with Crippen LogP contribution < -0.4 is 0 Å². The molecule has 0 fully saturated rings. The van der Waals surface area contributed by atoms with Gasteiger partial charge in [-0.25, -0.2) is 17.6 Å². The van der Waals surface area contributed by atoms with Crippen molar-refractivity contribution in [2.24, 2.45) is 0 Å². The number of benzene rings is 4. The average Bonchev–Trinajstić information content (AvgIpc) is 3.06. The summed E-state index contributed by atoms with van der Waals surface area (Å²) < 4.78 is 71.2. The Morgan fingerprint density at radius 2 is 1.06 bits per heavy atom. The van der Waals surface area contributed by atoms with Gasteiger partial charge in [0.2, 0.25) is 5.24 Å². The maximum absolute atomic E-state index is 13.7. The molecule has 0 aliphatic rings. The zero-order chi connectivity index (χ0) is 35.1. The smallest absolute Gasteiger partial charge is 0.305 e. The van der Waals surface area contributed by atoms with Crippen LogP contribution in [0.4, 0.5) is 17.6 Å². The van der Waals surface area contributed by atoms with Crippen molar-refractivity contribution in [2.75, 3.05) is 6.61 Å². The highest BCUT2D eigenvalue weighted by molar-refractivity contribution is 9.10. The standard InChI is InChI=1S/C19H19BrF2O3.C17H14BrClF2O2/c1-2-24-19(23)9-8-18(25-12-13-6-4-3-5-7-13)14-10-16(21)17(22)11-15(14)20;18-13-9-15(21)14(20)8-12(13)16(6-7-17(19)22)23-10-11-4-2-1-3-5-11/h3-7,10-11,18H,2,8-9,12H2,1H3;1-5,8-9,16H,6-7,10H2. The van der Waals surface area contributed by atoms with Crippen LogP contribution in [0.25, 0.3) is 0 Å². The molecule has 0 N–H and O–H groups in total. The van der Waals surface area contributed by atoms with Gasteiger partial charge in [-0.1, -0.05) is 92.5 Å². The van der Waals surface area contributed by atoms with Crippen molar-refractivity contribution in [2.45, 2.75) is 58.0 Å². The van der Waals surface area contributed by atoms with Crippen LogP contribution in [0.5, 0.6) is 0 Å². The first-order valence-corrected chi connectivity index (χ1v) is 16.9. The molecule has 0 radical (unpaired) electrons. The number of hydrogen-bond acceptors (Lipinski definition) is 5. The maximum Gasteiger partial charge on any atom is 0.305 e. The maximum atomic E-state index is 13.7. The van der Waals surface area contributed by atoms with Gasteiger partial charge in [-0.2, -0.15) is 0 Å². The van der Waals surface area contributed by atoms with Crippen LogP contribution in [-0.4, -0.2) is 17.8 Å².